The van der Waals surface area contributed by atoms with E-state index in [4.69, 9.17) is 46.4 Å². The van der Waals surface area contributed by atoms with Crippen LogP contribution in [0.25, 0.3) is 11.4 Å². The fraction of sp³-hybridized carbons (Fsp3) is 0.361. The average Bonchev–Trinajstić information content (AvgIpc) is 3.69. The number of halogens is 4. The minimum absolute atomic E-state index is 0.0596. The molecule has 0 aliphatic rings. The van der Waals surface area contributed by atoms with Gasteiger partial charge in [-0.3, -0.25) is 14.7 Å². The van der Waals surface area contributed by atoms with E-state index in [0.717, 1.165) is 31.0 Å². The number of nitrogens with zero attached hydrogens (tertiary/aromatic N) is 5. The molecule has 270 valence electrons. The standard InChI is InChI=1S/C36H40Cl4N8O2S/c1-2-3-4-5-6-7-8-9-10-11-15-18-31(49)41-25-19-20-30(27(38)23-25)42-34-33(51-36-43-45-46-47(36)26-16-13-12-14-17-26)35(50)48(44-34)32-28(39)21-24(37)22-29(32)40/h12-14,16-17,19-23,42,44H,2-11,15,18H2,1H3,(H,41,49). The van der Waals surface area contributed by atoms with Crippen molar-refractivity contribution in [2.45, 2.75) is 94.0 Å². The number of carbonyl (C=O) groups excluding carboxylic acids is 1. The number of H-pyrrole nitrogens is 1. The zero-order valence-corrected chi connectivity index (χ0v) is 32.1. The van der Waals surface area contributed by atoms with Crippen LogP contribution < -0.4 is 16.2 Å². The maximum absolute atomic E-state index is 14.0. The number of anilines is 3. The summed E-state index contributed by atoms with van der Waals surface area (Å²) in [6.45, 7) is 2.24. The first-order chi connectivity index (χ1) is 24.7. The van der Waals surface area contributed by atoms with Gasteiger partial charge in [0, 0.05) is 17.1 Å². The highest BCUT2D eigenvalue weighted by atomic mass is 35.5. The fourth-order valence-electron chi connectivity index (χ4n) is 5.57. The Bertz CT molecular complexity index is 1940. The molecule has 0 spiro atoms. The molecule has 5 rings (SSSR count). The van der Waals surface area contributed by atoms with Crippen molar-refractivity contribution < 1.29 is 4.79 Å². The molecular weight excluding hydrogens is 750 g/mol. The predicted molar refractivity (Wildman–Crippen MR) is 209 cm³/mol. The van der Waals surface area contributed by atoms with Crippen molar-refractivity contribution in [3.05, 3.63) is 91.1 Å². The Labute approximate surface area is 321 Å². The van der Waals surface area contributed by atoms with Crippen LogP contribution in [0, 0.1) is 0 Å². The number of carbonyl (C=O) groups is 1. The molecule has 1 amide bonds. The van der Waals surface area contributed by atoms with Crippen LogP contribution in [-0.4, -0.2) is 35.9 Å². The Kier molecular flexibility index (Phi) is 14.7. The minimum Gasteiger partial charge on any atom is -0.338 e. The van der Waals surface area contributed by atoms with Crippen molar-refractivity contribution in [2.75, 3.05) is 10.6 Å². The van der Waals surface area contributed by atoms with Gasteiger partial charge in [0.2, 0.25) is 11.1 Å². The van der Waals surface area contributed by atoms with Gasteiger partial charge in [0.05, 0.1) is 26.4 Å². The van der Waals surface area contributed by atoms with E-state index in [0.29, 0.717) is 38.7 Å². The summed E-state index contributed by atoms with van der Waals surface area (Å²) in [6, 6.07) is 17.4. The molecular formula is C36H40Cl4N8O2S. The number of tetrazole rings is 1. The summed E-state index contributed by atoms with van der Waals surface area (Å²) in [5.74, 6) is 0.223. The smallest absolute Gasteiger partial charge is 0.287 e. The lowest BCUT2D eigenvalue weighted by Gasteiger charge is -2.11. The molecule has 3 aromatic carbocycles. The SMILES string of the molecule is CCCCCCCCCCCCCC(=O)Nc1ccc(Nc2[nH]n(-c3c(Cl)cc(Cl)cc3Cl)c(=O)c2Sc2nnnn2-c2ccccc2)c(Cl)c1. The summed E-state index contributed by atoms with van der Waals surface area (Å²) in [6.07, 6.45) is 13.9. The van der Waals surface area contributed by atoms with E-state index in [1.807, 2.05) is 30.3 Å². The van der Waals surface area contributed by atoms with Crippen LogP contribution in [0.4, 0.5) is 17.2 Å². The highest BCUT2D eigenvalue weighted by Crippen LogP contribution is 2.37. The van der Waals surface area contributed by atoms with Gasteiger partial charge in [-0.15, -0.1) is 5.10 Å². The second-order valence-electron chi connectivity index (χ2n) is 12.1. The van der Waals surface area contributed by atoms with E-state index in [1.165, 1.54) is 72.9 Å². The molecule has 3 N–H and O–H groups in total. The number of amides is 1. The molecule has 0 unspecified atom stereocenters. The van der Waals surface area contributed by atoms with E-state index >= 15 is 0 Å². The number of benzene rings is 3. The molecule has 0 saturated heterocycles. The zero-order chi connectivity index (χ0) is 36.2. The number of unbranched alkanes of at least 4 members (excludes halogenated alkanes) is 10. The van der Waals surface area contributed by atoms with Crippen molar-refractivity contribution in [3.8, 4) is 11.4 Å². The van der Waals surface area contributed by atoms with Crippen molar-refractivity contribution in [1.29, 1.82) is 0 Å². The van der Waals surface area contributed by atoms with Crippen LogP contribution in [0.3, 0.4) is 0 Å². The van der Waals surface area contributed by atoms with Crippen molar-refractivity contribution >= 4 is 81.3 Å². The van der Waals surface area contributed by atoms with Gasteiger partial charge in [0.25, 0.3) is 5.56 Å². The number of aromatic nitrogens is 6. The van der Waals surface area contributed by atoms with E-state index in [2.05, 4.69) is 38.2 Å². The van der Waals surface area contributed by atoms with Gasteiger partial charge in [0.1, 0.15) is 16.4 Å². The third kappa shape index (κ3) is 10.8. The number of aromatic amines is 1. The Morgan fingerprint density at radius 1 is 0.824 bits per heavy atom. The normalized spacial score (nSPS) is 11.2. The van der Waals surface area contributed by atoms with Gasteiger partial charge in [-0.2, -0.15) is 4.68 Å². The largest absolute Gasteiger partial charge is 0.338 e. The number of para-hydroxylation sites is 1. The van der Waals surface area contributed by atoms with E-state index in [1.54, 1.807) is 18.2 Å². The lowest BCUT2D eigenvalue weighted by atomic mass is 10.1. The van der Waals surface area contributed by atoms with E-state index in [-0.39, 0.29) is 32.4 Å². The number of hydrogen-bond donors (Lipinski definition) is 3. The van der Waals surface area contributed by atoms with Crippen molar-refractivity contribution in [2.24, 2.45) is 0 Å². The third-order valence-electron chi connectivity index (χ3n) is 8.21. The van der Waals surface area contributed by atoms with Gasteiger partial charge in [-0.05, 0) is 71.1 Å². The first kappa shape index (κ1) is 38.7. The quantitative estimate of drug-likeness (QED) is 0.0712. The number of rotatable bonds is 19. The predicted octanol–water partition coefficient (Wildman–Crippen LogP) is 11.3. The highest BCUT2D eigenvalue weighted by Gasteiger charge is 2.24. The topological polar surface area (TPSA) is 123 Å². The van der Waals surface area contributed by atoms with Crippen LogP contribution in [0.15, 0.2) is 75.5 Å². The Morgan fingerprint density at radius 3 is 2.12 bits per heavy atom. The van der Waals surface area contributed by atoms with Gasteiger partial charge >= 0.3 is 0 Å². The maximum Gasteiger partial charge on any atom is 0.287 e. The highest BCUT2D eigenvalue weighted by molar-refractivity contribution is 7.99. The first-order valence-electron chi connectivity index (χ1n) is 17.1. The fourth-order valence-corrected chi connectivity index (χ4v) is 7.65. The molecule has 0 radical (unpaired) electrons. The molecule has 15 heteroatoms. The van der Waals surface area contributed by atoms with Gasteiger partial charge in [-0.25, -0.2) is 4.68 Å². The third-order valence-corrected chi connectivity index (χ3v) is 10.3. The zero-order valence-electron chi connectivity index (χ0n) is 28.2. The summed E-state index contributed by atoms with van der Waals surface area (Å²) in [5.41, 5.74) is 1.50. The minimum atomic E-state index is -0.473. The Morgan fingerprint density at radius 2 is 1.47 bits per heavy atom. The molecule has 0 aliphatic heterocycles. The molecule has 5 aromatic rings. The summed E-state index contributed by atoms with van der Waals surface area (Å²) >= 11 is 26.9. The van der Waals surface area contributed by atoms with E-state index < -0.39 is 5.56 Å². The molecule has 0 atom stereocenters. The van der Waals surface area contributed by atoms with Crippen LogP contribution in [0.1, 0.15) is 84.0 Å². The van der Waals surface area contributed by atoms with Gasteiger partial charge in [0.15, 0.2) is 0 Å². The second kappa shape index (κ2) is 19.4. The number of hydrogen-bond acceptors (Lipinski definition) is 7. The van der Waals surface area contributed by atoms with Gasteiger partial charge in [-0.1, -0.05) is 136 Å². The maximum atomic E-state index is 14.0. The molecule has 10 nitrogen and oxygen atoms in total. The second-order valence-corrected chi connectivity index (χ2v) is 14.8. The molecule has 2 heterocycles. The summed E-state index contributed by atoms with van der Waals surface area (Å²) < 4.78 is 2.74. The molecule has 0 bridgehead atoms. The first-order valence-corrected chi connectivity index (χ1v) is 19.5. The van der Waals surface area contributed by atoms with E-state index in [9.17, 15) is 9.59 Å². The Balaban J connectivity index is 1.26. The Hall–Kier alpha value is -3.48. The molecule has 0 aliphatic carbocycles. The van der Waals surface area contributed by atoms with Crippen molar-refractivity contribution in [1.82, 2.24) is 30.0 Å². The van der Waals surface area contributed by atoms with Crippen LogP contribution in [-0.2, 0) is 4.79 Å². The van der Waals surface area contributed by atoms with Crippen LogP contribution >= 0.6 is 58.2 Å². The van der Waals surface area contributed by atoms with Gasteiger partial charge < -0.3 is 10.6 Å². The summed E-state index contributed by atoms with van der Waals surface area (Å²) in [7, 11) is 0. The molecule has 0 saturated carbocycles. The monoisotopic (exact) mass is 788 g/mol. The molecule has 2 aromatic heterocycles. The average molecular weight is 791 g/mol. The number of nitrogens with one attached hydrogen (secondary N) is 3. The molecule has 0 fully saturated rings. The van der Waals surface area contributed by atoms with Crippen LogP contribution in [0.2, 0.25) is 20.1 Å². The lowest BCUT2D eigenvalue weighted by molar-refractivity contribution is -0.116. The summed E-state index contributed by atoms with van der Waals surface area (Å²) in [4.78, 5) is 26.9. The molecule has 51 heavy (non-hydrogen) atoms. The lowest BCUT2D eigenvalue weighted by Crippen LogP contribution is -2.16. The van der Waals surface area contributed by atoms with Crippen LogP contribution in [0.5, 0.6) is 0 Å². The summed E-state index contributed by atoms with van der Waals surface area (Å²) in [5, 5.41) is 22.6. The van der Waals surface area contributed by atoms with Crippen molar-refractivity contribution in [3.63, 3.8) is 0 Å².